The van der Waals surface area contributed by atoms with Crippen LogP contribution in [-0.4, -0.2) is 11.2 Å². The Balaban J connectivity index is 1.57. The van der Waals surface area contributed by atoms with E-state index >= 15 is 0 Å². The molecule has 0 aromatic heterocycles. The second kappa shape index (κ2) is 8.53. The van der Waals surface area contributed by atoms with Crippen molar-refractivity contribution in [1.29, 1.82) is 0 Å². The zero-order valence-electron chi connectivity index (χ0n) is 23.3. The Morgan fingerprint density at radius 2 is 1.76 bits per heavy atom. The maximum Gasteiger partial charge on any atom is 0.0750 e. The van der Waals surface area contributed by atoms with Gasteiger partial charge < -0.3 is 5.11 Å². The van der Waals surface area contributed by atoms with Gasteiger partial charge in [0.2, 0.25) is 0 Å². The first-order valence-corrected chi connectivity index (χ1v) is 14.4. The Hall–Kier alpha value is -0.560. The van der Waals surface area contributed by atoms with Gasteiger partial charge in [-0.25, -0.2) is 0 Å². The van der Waals surface area contributed by atoms with E-state index in [0.29, 0.717) is 33.5 Å². The quantitative estimate of drug-likeness (QED) is 0.397. The summed E-state index contributed by atoms with van der Waals surface area (Å²) in [5.41, 5.74) is 4.51. The molecular weight excluding hydrogens is 400 g/mol. The molecule has 0 spiro atoms. The Bertz CT molecular complexity index is 792. The number of hydrogen-bond donors (Lipinski definition) is 1. The summed E-state index contributed by atoms with van der Waals surface area (Å²) in [5, 5.41) is 10.5. The lowest BCUT2D eigenvalue weighted by atomic mass is 9.43. The Labute approximate surface area is 205 Å². The molecule has 0 bridgehead atoms. The van der Waals surface area contributed by atoms with Crippen molar-refractivity contribution in [2.75, 3.05) is 0 Å². The minimum atomic E-state index is -0.279. The molecule has 0 radical (unpaired) electrons. The van der Waals surface area contributed by atoms with Crippen molar-refractivity contribution in [3.8, 4) is 0 Å². The zero-order valence-corrected chi connectivity index (χ0v) is 23.3. The summed E-state index contributed by atoms with van der Waals surface area (Å²) in [6.45, 7) is 24.6. The van der Waals surface area contributed by atoms with Crippen molar-refractivity contribution >= 4 is 0 Å². The van der Waals surface area contributed by atoms with Crippen molar-refractivity contribution in [2.24, 2.45) is 51.2 Å². The van der Waals surface area contributed by atoms with Crippen LogP contribution >= 0.6 is 0 Å². The molecule has 0 aliphatic heterocycles. The lowest BCUT2D eigenvalue weighted by molar-refractivity contribution is -0.0425. The molecular formula is C32H54O. The van der Waals surface area contributed by atoms with E-state index in [2.05, 4.69) is 68.0 Å². The van der Waals surface area contributed by atoms with E-state index in [1.54, 1.807) is 0 Å². The second-order valence-corrected chi connectivity index (χ2v) is 14.2. The third kappa shape index (κ3) is 3.65. The zero-order chi connectivity index (χ0) is 24.4. The van der Waals surface area contributed by atoms with Crippen LogP contribution < -0.4 is 0 Å². The molecule has 0 aromatic carbocycles. The van der Waals surface area contributed by atoms with Gasteiger partial charge in [-0.3, -0.25) is 0 Å². The van der Waals surface area contributed by atoms with Crippen LogP contribution in [0.1, 0.15) is 120 Å². The van der Waals surface area contributed by atoms with Gasteiger partial charge in [0, 0.05) is 0 Å². The molecule has 9 atom stereocenters. The van der Waals surface area contributed by atoms with Gasteiger partial charge in [-0.1, -0.05) is 80.0 Å². The molecule has 0 amide bonds. The molecule has 4 rings (SSSR count). The molecule has 1 N–H and O–H groups in total. The number of allylic oxidation sites excluding steroid dienone is 2. The van der Waals surface area contributed by atoms with Crippen LogP contribution in [-0.2, 0) is 0 Å². The van der Waals surface area contributed by atoms with E-state index in [4.69, 9.17) is 0 Å². The maximum atomic E-state index is 10.5. The highest BCUT2D eigenvalue weighted by Crippen LogP contribution is 2.72. The fourth-order valence-electron chi connectivity index (χ4n) is 9.52. The molecule has 0 heterocycles. The van der Waals surface area contributed by atoms with E-state index < -0.39 is 0 Å². The third-order valence-corrected chi connectivity index (χ3v) is 13.1. The average molecular weight is 455 g/mol. The molecule has 3 saturated carbocycles. The number of rotatable bonds is 6. The fourth-order valence-corrected chi connectivity index (χ4v) is 9.52. The van der Waals surface area contributed by atoms with Crippen LogP contribution in [0.15, 0.2) is 23.8 Å². The van der Waals surface area contributed by atoms with Crippen LogP contribution in [0.25, 0.3) is 0 Å². The van der Waals surface area contributed by atoms with Crippen molar-refractivity contribution < 1.29 is 5.11 Å². The molecule has 3 fully saturated rings. The number of fused-ring (bicyclic) bond motifs is 5. The average Bonchev–Trinajstić information content (AvgIpc) is 3.06. The summed E-state index contributed by atoms with van der Waals surface area (Å²) >= 11 is 0. The van der Waals surface area contributed by atoms with Crippen LogP contribution in [0.5, 0.6) is 0 Å². The van der Waals surface area contributed by atoms with Crippen LogP contribution in [0, 0.1) is 51.2 Å². The fraction of sp³-hybridized carbons (Fsp3) is 0.875. The Morgan fingerprint density at radius 1 is 1.06 bits per heavy atom. The first-order valence-electron chi connectivity index (χ1n) is 14.4. The van der Waals surface area contributed by atoms with E-state index in [9.17, 15) is 5.11 Å². The van der Waals surface area contributed by atoms with Crippen LogP contribution in [0.2, 0.25) is 0 Å². The number of hydrogen-bond acceptors (Lipinski definition) is 1. The molecule has 1 nitrogen and oxygen atoms in total. The molecule has 0 saturated heterocycles. The van der Waals surface area contributed by atoms with Gasteiger partial charge in [-0.2, -0.15) is 0 Å². The Morgan fingerprint density at radius 3 is 2.39 bits per heavy atom. The Kier molecular flexibility index (Phi) is 6.60. The summed E-state index contributed by atoms with van der Waals surface area (Å²) < 4.78 is 0. The predicted octanol–water partition coefficient (Wildman–Crippen LogP) is 8.97. The smallest absolute Gasteiger partial charge is 0.0750 e. The highest BCUT2D eigenvalue weighted by molar-refractivity contribution is 5.35. The van der Waals surface area contributed by atoms with Crippen molar-refractivity contribution in [3.05, 3.63) is 23.8 Å². The van der Waals surface area contributed by atoms with E-state index in [1.807, 2.05) is 5.57 Å². The molecule has 33 heavy (non-hydrogen) atoms. The van der Waals surface area contributed by atoms with Gasteiger partial charge in [-0.15, -0.1) is 0 Å². The summed E-state index contributed by atoms with van der Waals surface area (Å²) in [5.74, 6) is 3.60. The monoisotopic (exact) mass is 454 g/mol. The van der Waals surface area contributed by atoms with Gasteiger partial charge in [-0.05, 0) is 115 Å². The first-order chi connectivity index (χ1) is 15.3. The third-order valence-electron chi connectivity index (χ3n) is 13.1. The van der Waals surface area contributed by atoms with E-state index in [1.165, 1.54) is 44.9 Å². The van der Waals surface area contributed by atoms with Crippen LogP contribution in [0.3, 0.4) is 0 Å². The predicted molar refractivity (Wildman–Crippen MR) is 142 cm³/mol. The molecule has 4 aliphatic rings. The molecule has 0 aromatic rings. The van der Waals surface area contributed by atoms with Crippen molar-refractivity contribution in [2.45, 2.75) is 126 Å². The highest BCUT2D eigenvalue weighted by Gasteiger charge is 2.63. The number of aliphatic hydroxyl groups excluding tert-OH is 1. The standard InChI is InChI=1S/C32H54O/c1-10-29(6,21(2)3)17-13-22(4)24-14-19-32(9)27-12-11-25-23(5)28(33)16-18-30(25,7)26(27)15-20-31(24,32)8/h12,21-22,24-26,28,33H,5,10-11,13-20H2,1-4,6-9H3/t22-,24-,25+,26+,28+,29+,30+,31-,32+/m1/s1. The topological polar surface area (TPSA) is 20.2 Å². The van der Waals surface area contributed by atoms with Gasteiger partial charge in [0.15, 0.2) is 0 Å². The van der Waals surface area contributed by atoms with Crippen molar-refractivity contribution in [1.82, 2.24) is 0 Å². The largest absolute Gasteiger partial charge is 0.389 e. The molecule has 0 unspecified atom stereocenters. The second-order valence-electron chi connectivity index (χ2n) is 14.2. The summed E-state index contributed by atoms with van der Waals surface area (Å²) in [7, 11) is 0. The van der Waals surface area contributed by atoms with E-state index in [-0.39, 0.29) is 6.10 Å². The van der Waals surface area contributed by atoms with Crippen LogP contribution in [0.4, 0.5) is 0 Å². The molecule has 1 heteroatoms. The summed E-state index contributed by atoms with van der Waals surface area (Å²) in [4.78, 5) is 0. The maximum absolute atomic E-state index is 10.5. The lowest BCUT2D eigenvalue weighted by Gasteiger charge is -2.61. The molecule has 4 aliphatic carbocycles. The minimum absolute atomic E-state index is 0.279. The number of aliphatic hydroxyl groups is 1. The van der Waals surface area contributed by atoms with Gasteiger partial charge in [0.1, 0.15) is 0 Å². The highest BCUT2D eigenvalue weighted by atomic mass is 16.3. The lowest BCUT2D eigenvalue weighted by Crippen LogP contribution is -2.54. The first kappa shape index (κ1) is 25.5. The normalized spacial score (nSPS) is 45.6. The van der Waals surface area contributed by atoms with Gasteiger partial charge in [0.25, 0.3) is 0 Å². The van der Waals surface area contributed by atoms with Crippen molar-refractivity contribution in [3.63, 3.8) is 0 Å². The van der Waals surface area contributed by atoms with Gasteiger partial charge in [0.05, 0.1) is 6.10 Å². The SMILES string of the molecule is C=C1[C@@H](O)CC[C@@]2(C)[C@H]1CC=C1[C@@H]2CC[C@]2(C)[C@@H]([C@H](C)CC[C@](C)(CC)C(C)C)CC[C@@]12C. The van der Waals surface area contributed by atoms with Gasteiger partial charge >= 0.3 is 0 Å². The molecule has 188 valence electrons. The minimum Gasteiger partial charge on any atom is -0.389 e. The van der Waals surface area contributed by atoms with E-state index in [0.717, 1.165) is 42.6 Å². The summed E-state index contributed by atoms with van der Waals surface area (Å²) in [6, 6.07) is 0. The summed E-state index contributed by atoms with van der Waals surface area (Å²) in [6.07, 6.45) is 15.1.